The van der Waals surface area contributed by atoms with Gasteiger partial charge in [0.25, 0.3) is 0 Å². The van der Waals surface area contributed by atoms with Gasteiger partial charge in [-0.3, -0.25) is 4.79 Å². The highest BCUT2D eigenvalue weighted by molar-refractivity contribution is 6.26. The first kappa shape index (κ1) is 12.0. The van der Waals surface area contributed by atoms with Crippen LogP contribution in [0.4, 0.5) is 0 Å². The Hall–Kier alpha value is -1.80. The predicted octanol–water partition coefficient (Wildman–Crippen LogP) is 3.73. The highest BCUT2D eigenvalue weighted by Gasteiger charge is 2.49. The average molecular weight is 285 g/mol. The van der Waals surface area contributed by atoms with Crippen molar-refractivity contribution in [2.45, 2.75) is 17.2 Å². The molecule has 3 atom stereocenters. The zero-order valence-corrected chi connectivity index (χ0v) is 11.7. The molecule has 0 aromatic heterocycles. The summed E-state index contributed by atoms with van der Waals surface area (Å²) in [6, 6.07) is 13.8. The smallest absolute Gasteiger partial charge is 0.172 e. The van der Waals surface area contributed by atoms with Crippen LogP contribution in [0.15, 0.2) is 42.5 Å². The summed E-state index contributed by atoms with van der Waals surface area (Å²) in [6.45, 7) is 0. The molecule has 0 amide bonds. The first-order valence-electron chi connectivity index (χ1n) is 6.67. The average Bonchev–Trinajstić information content (AvgIpc) is 2.71. The second kappa shape index (κ2) is 4.10. The molecule has 20 heavy (non-hydrogen) atoms. The maximum atomic E-state index is 12.8. The number of ether oxygens (including phenoxy) is 1. The van der Waals surface area contributed by atoms with E-state index in [1.165, 1.54) is 5.56 Å². The van der Waals surface area contributed by atoms with Crippen molar-refractivity contribution in [3.63, 3.8) is 0 Å². The Balaban J connectivity index is 2.00. The third kappa shape index (κ3) is 1.37. The second-order valence-corrected chi connectivity index (χ2v) is 5.85. The van der Waals surface area contributed by atoms with Crippen molar-refractivity contribution in [2.75, 3.05) is 7.11 Å². The number of halogens is 1. The normalized spacial score (nSPS) is 26.1. The first-order chi connectivity index (χ1) is 9.72. The molecule has 2 nitrogen and oxygen atoms in total. The van der Waals surface area contributed by atoms with E-state index < -0.39 is 0 Å². The summed E-state index contributed by atoms with van der Waals surface area (Å²) in [7, 11) is 1.61. The van der Waals surface area contributed by atoms with Gasteiger partial charge in [0, 0.05) is 11.5 Å². The van der Waals surface area contributed by atoms with Gasteiger partial charge in [-0.25, -0.2) is 0 Å². The minimum absolute atomic E-state index is 0.108. The molecule has 0 aliphatic heterocycles. The molecule has 0 fully saturated rings. The molecule has 2 aliphatic rings. The van der Waals surface area contributed by atoms with Crippen molar-refractivity contribution >= 4 is 17.4 Å². The molecule has 2 aromatic carbocycles. The minimum Gasteiger partial charge on any atom is -0.497 e. The van der Waals surface area contributed by atoms with Crippen molar-refractivity contribution in [3.8, 4) is 5.75 Å². The molecule has 0 radical (unpaired) electrons. The lowest BCUT2D eigenvalue weighted by atomic mass is 9.79. The topological polar surface area (TPSA) is 26.3 Å². The van der Waals surface area contributed by atoms with Crippen LogP contribution in [-0.2, 0) is 0 Å². The molecule has 4 rings (SSSR count). The van der Waals surface area contributed by atoms with Crippen LogP contribution in [0.1, 0.15) is 38.9 Å². The lowest BCUT2D eigenvalue weighted by molar-refractivity contribution is 0.0951. The fourth-order valence-electron chi connectivity index (χ4n) is 3.55. The van der Waals surface area contributed by atoms with E-state index >= 15 is 0 Å². The van der Waals surface area contributed by atoms with Gasteiger partial charge in [-0.05, 0) is 28.8 Å². The highest BCUT2D eigenvalue weighted by Crippen LogP contribution is 2.54. The van der Waals surface area contributed by atoms with Crippen LogP contribution in [0.25, 0.3) is 0 Å². The molecule has 2 bridgehead atoms. The quantitative estimate of drug-likeness (QED) is 0.746. The Morgan fingerprint density at radius 3 is 2.40 bits per heavy atom. The summed E-state index contributed by atoms with van der Waals surface area (Å²) in [4.78, 5) is 12.8. The molecule has 3 unspecified atom stereocenters. The van der Waals surface area contributed by atoms with Crippen molar-refractivity contribution in [3.05, 3.63) is 64.7 Å². The fourth-order valence-corrected chi connectivity index (χ4v) is 4.07. The summed E-state index contributed by atoms with van der Waals surface area (Å²) in [5, 5.41) is -0.180. The first-order valence-corrected chi connectivity index (χ1v) is 7.11. The number of Topliss-reactive ketones (excluding diaryl/α,β-unsaturated/α-hetero) is 1. The third-order valence-electron chi connectivity index (χ3n) is 4.45. The molecular weight excluding hydrogens is 272 g/mol. The molecule has 0 N–H and O–H groups in total. The molecular formula is C17H13ClO2. The third-order valence-corrected chi connectivity index (χ3v) is 4.95. The number of benzene rings is 2. The summed E-state index contributed by atoms with van der Waals surface area (Å²) in [5.74, 6) is 0.711. The molecule has 0 saturated carbocycles. The number of methoxy groups -OCH3 is 1. The van der Waals surface area contributed by atoms with Crippen LogP contribution in [0.2, 0.25) is 0 Å². The van der Waals surface area contributed by atoms with E-state index in [-0.39, 0.29) is 23.0 Å². The molecule has 2 aromatic rings. The maximum Gasteiger partial charge on any atom is 0.172 e. The summed E-state index contributed by atoms with van der Waals surface area (Å²) >= 11 is 6.59. The van der Waals surface area contributed by atoms with Crippen molar-refractivity contribution in [2.24, 2.45) is 0 Å². The van der Waals surface area contributed by atoms with Crippen molar-refractivity contribution < 1.29 is 9.53 Å². The zero-order valence-electron chi connectivity index (χ0n) is 11.0. The van der Waals surface area contributed by atoms with E-state index in [9.17, 15) is 4.79 Å². The SMILES string of the molecule is COc1ccc2c(c1)C(=O)C1c3ccccc3C2C1Cl. The number of ketones is 1. The van der Waals surface area contributed by atoms with Gasteiger partial charge in [-0.2, -0.15) is 0 Å². The highest BCUT2D eigenvalue weighted by atomic mass is 35.5. The number of carbonyl (C=O) groups excluding carboxylic acids is 1. The van der Waals surface area contributed by atoms with Gasteiger partial charge in [-0.15, -0.1) is 11.6 Å². The standard InChI is InChI=1S/C17H13ClO2/c1-20-9-6-7-12-13(8-9)17(19)15-11-5-3-2-4-10(11)14(12)16(15)18/h2-8,14-16H,1H3. The fraction of sp³-hybridized carbons (Fsp3) is 0.235. The molecule has 0 heterocycles. The Kier molecular flexibility index (Phi) is 2.45. The van der Waals surface area contributed by atoms with Crippen LogP contribution in [0.5, 0.6) is 5.75 Å². The van der Waals surface area contributed by atoms with Crippen LogP contribution in [0.3, 0.4) is 0 Å². The number of rotatable bonds is 1. The number of hydrogen-bond acceptors (Lipinski definition) is 2. The lowest BCUT2D eigenvalue weighted by Crippen LogP contribution is -2.28. The van der Waals surface area contributed by atoms with E-state index in [1.54, 1.807) is 7.11 Å². The van der Waals surface area contributed by atoms with Crippen LogP contribution in [-0.4, -0.2) is 18.3 Å². The van der Waals surface area contributed by atoms with Crippen LogP contribution >= 0.6 is 11.6 Å². The largest absolute Gasteiger partial charge is 0.497 e. The molecule has 0 saturated heterocycles. The van der Waals surface area contributed by atoms with Crippen molar-refractivity contribution in [1.82, 2.24) is 0 Å². The zero-order chi connectivity index (χ0) is 13.9. The van der Waals surface area contributed by atoms with E-state index in [2.05, 4.69) is 6.07 Å². The van der Waals surface area contributed by atoms with Crippen LogP contribution < -0.4 is 4.74 Å². The maximum absolute atomic E-state index is 12.8. The number of carbonyl (C=O) groups is 1. The Bertz CT molecular complexity index is 723. The number of fused-ring (bicyclic) bond motifs is 7. The van der Waals surface area contributed by atoms with Crippen LogP contribution in [0, 0.1) is 0 Å². The predicted molar refractivity (Wildman–Crippen MR) is 78.0 cm³/mol. The van der Waals surface area contributed by atoms with Gasteiger partial charge in [0.2, 0.25) is 0 Å². The van der Waals surface area contributed by atoms with E-state index in [1.807, 2.05) is 36.4 Å². The van der Waals surface area contributed by atoms with Gasteiger partial charge in [0.05, 0.1) is 18.4 Å². The monoisotopic (exact) mass is 284 g/mol. The Morgan fingerprint density at radius 2 is 1.70 bits per heavy atom. The Morgan fingerprint density at radius 1 is 1.00 bits per heavy atom. The molecule has 3 heteroatoms. The van der Waals surface area contributed by atoms with Crippen molar-refractivity contribution in [1.29, 1.82) is 0 Å². The summed E-state index contributed by atoms with van der Waals surface area (Å²) in [6.07, 6.45) is 0. The summed E-state index contributed by atoms with van der Waals surface area (Å²) < 4.78 is 5.24. The van der Waals surface area contributed by atoms with Gasteiger partial charge in [0.1, 0.15) is 5.75 Å². The Labute approximate surface area is 122 Å². The van der Waals surface area contributed by atoms with E-state index in [0.717, 1.165) is 16.7 Å². The minimum atomic E-state index is -0.225. The summed E-state index contributed by atoms with van der Waals surface area (Å²) in [5.41, 5.74) is 4.05. The number of hydrogen-bond donors (Lipinski definition) is 0. The van der Waals surface area contributed by atoms with Gasteiger partial charge in [-0.1, -0.05) is 30.3 Å². The van der Waals surface area contributed by atoms with Gasteiger partial charge >= 0.3 is 0 Å². The van der Waals surface area contributed by atoms with Gasteiger partial charge in [0.15, 0.2) is 5.78 Å². The molecule has 2 aliphatic carbocycles. The molecule has 100 valence electrons. The second-order valence-electron chi connectivity index (χ2n) is 5.35. The van der Waals surface area contributed by atoms with Gasteiger partial charge < -0.3 is 4.74 Å². The number of alkyl halides is 1. The molecule has 0 spiro atoms. The van der Waals surface area contributed by atoms with E-state index in [4.69, 9.17) is 16.3 Å². The lowest BCUT2D eigenvalue weighted by Gasteiger charge is -2.27. The van der Waals surface area contributed by atoms with E-state index in [0.29, 0.717) is 5.75 Å².